The van der Waals surface area contributed by atoms with Crippen molar-refractivity contribution in [3.63, 3.8) is 0 Å². The Morgan fingerprint density at radius 2 is 0.745 bits per heavy atom. The first-order chi connectivity index (χ1) is 27.3. The van der Waals surface area contributed by atoms with Crippen molar-refractivity contribution in [3.8, 4) is 56.2 Å². The van der Waals surface area contributed by atoms with Crippen LogP contribution in [-0.4, -0.2) is 9.97 Å². The summed E-state index contributed by atoms with van der Waals surface area (Å²) < 4.78 is 0. The van der Waals surface area contributed by atoms with E-state index < -0.39 is 5.41 Å². The van der Waals surface area contributed by atoms with E-state index in [1.54, 1.807) is 0 Å². The Bertz CT molecular complexity index is 3100. The molecule has 0 bridgehead atoms. The summed E-state index contributed by atoms with van der Waals surface area (Å²) in [5.74, 6) is 0.722. The zero-order valence-electron chi connectivity index (χ0n) is 29.9. The molecule has 55 heavy (non-hydrogen) atoms. The highest BCUT2D eigenvalue weighted by Gasteiger charge is 2.53. The van der Waals surface area contributed by atoms with Gasteiger partial charge in [-0.1, -0.05) is 182 Å². The average molecular weight is 697 g/mol. The molecule has 0 aliphatic heterocycles. The van der Waals surface area contributed by atoms with Crippen molar-refractivity contribution in [3.05, 3.63) is 216 Å². The first-order valence-electron chi connectivity index (χ1n) is 19.0. The lowest BCUT2D eigenvalue weighted by atomic mass is 9.68. The fourth-order valence-corrected chi connectivity index (χ4v) is 9.93. The van der Waals surface area contributed by atoms with Crippen molar-refractivity contribution >= 4 is 32.3 Å². The molecule has 1 aromatic heterocycles. The Balaban J connectivity index is 1.29. The summed E-state index contributed by atoms with van der Waals surface area (Å²) in [6, 6.07) is 70.7. The molecule has 2 nitrogen and oxygen atoms in total. The van der Waals surface area contributed by atoms with Gasteiger partial charge in [0.05, 0.1) is 16.8 Å². The van der Waals surface area contributed by atoms with Crippen LogP contribution >= 0.6 is 0 Å². The quantitative estimate of drug-likeness (QED) is 0.172. The Labute approximate surface area is 319 Å². The van der Waals surface area contributed by atoms with E-state index >= 15 is 0 Å². The molecule has 0 saturated heterocycles. The molecule has 1 heterocycles. The van der Waals surface area contributed by atoms with Gasteiger partial charge in [-0.2, -0.15) is 0 Å². The van der Waals surface area contributed by atoms with Crippen LogP contribution in [0, 0.1) is 0 Å². The SMILES string of the molecule is c1ccc(-c2cc(-c3ccccc3)nc(-c3cc4c(c5ccccc35)-c3c(c5ccccc5c5ccccc35)C43c4ccccc4-c4ccccc43)n2)cc1. The zero-order chi connectivity index (χ0) is 36.1. The zero-order valence-corrected chi connectivity index (χ0v) is 29.9. The molecule has 254 valence electrons. The summed E-state index contributed by atoms with van der Waals surface area (Å²) in [5, 5.41) is 7.48. The average Bonchev–Trinajstić information content (AvgIpc) is 3.75. The molecule has 0 fully saturated rings. The summed E-state index contributed by atoms with van der Waals surface area (Å²) in [5.41, 5.74) is 14.9. The van der Waals surface area contributed by atoms with Crippen LogP contribution in [0.2, 0.25) is 0 Å². The van der Waals surface area contributed by atoms with Crippen molar-refractivity contribution in [2.24, 2.45) is 0 Å². The fourth-order valence-electron chi connectivity index (χ4n) is 9.93. The highest BCUT2D eigenvalue weighted by molar-refractivity contribution is 6.23. The molecule has 1 spiro atoms. The first kappa shape index (κ1) is 30.3. The minimum absolute atomic E-state index is 0.570. The van der Waals surface area contributed by atoms with Gasteiger partial charge in [-0.25, -0.2) is 9.97 Å². The Kier molecular flexibility index (Phi) is 6.29. The molecule has 0 N–H and O–H groups in total. The minimum Gasteiger partial charge on any atom is -0.228 e. The van der Waals surface area contributed by atoms with Gasteiger partial charge in [0.1, 0.15) is 0 Å². The normalized spacial score (nSPS) is 13.2. The Morgan fingerprint density at radius 3 is 1.33 bits per heavy atom. The third-order valence-corrected chi connectivity index (χ3v) is 12.1. The van der Waals surface area contributed by atoms with E-state index in [1.165, 1.54) is 71.4 Å². The maximum absolute atomic E-state index is 5.42. The third-order valence-electron chi connectivity index (χ3n) is 12.1. The van der Waals surface area contributed by atoms with Gasteiger partial charge >= 0.3 is 0 Å². The lowest BCUT2D eigenvalue weighted by Crippen LogP contribution is -2.26. The molecular formula is C53H32N2. The standard InChI is InChI=1S/C53H32N2/c1-3-17-33(18-4-1)47-32-48(34-19-5-2-6-20-34)55-52(54-47)43-31-46-49(40-26-10-8-23-37(40)43)50-41-27-11-7-21-35(41)36-22-9-12-28-42(36)51(50)53(46)44-29-15-13-24-38(44)39-25-14-16-30-45(39)53/h1-32H. The summed E-state index contributed by atoms with van der Waals surface area (Å²) in [6.45, 7) is 0. The molecule has 2 heteroatoms. The van der Waals surface area contributed by atoms with E-state index in [4.69, 9.17) is 9.97 Å². The lowest BCUT2D eigenvalue weighted by Gasteiger charge is -2.32. The highest BCUT2D eigenvalue weighted by atomic mass is 14.9. The Morgan fingerprint density at radius 1 is 0.309 bits per heavy atom. The topological polar surface area (TPSA) is 25.8 Å². The van der Waals surface area contributed by atoms with Crippen LogP contribution in [-0.2, 0) is 5.41 Å². The number of hydrogen-bond acceptors (Lipinski definition) is 2. The van der Waals surface area contributed by atoms with Crippen LogP contribution in [0.25, 0.3) is 88.5 Å². The minimum atomic E-state index is -0.570. The molecular weight excluding hydrogens is 665 g/mol. The van der Waals surface area contributed by atoms with Gasteiger partial charge in [-0.05, 0) is 89.0 Å². The summed E-state index contributed by atoms with van der Waals surface area (Å²) >= 11 is 0. The molecule has 2 aliphatic rings. The predicted octanol–water partition coefficient (Wildman–Crippen LogP) is 13.3. The lowest BCUT2D eigenvalue weighted by molar-refractivity contribution is 0.802. The molecule has 0 radical (unpaired) electrons. The first-order valence-corrected chi connectivity index (χ1v) is 19.0. The van der Waals surface area contributed by atoms with E-state index in [9.17, 15) is 0 Å². The second-order valence-electron chi connectivity index (χ2n) is 14.8. The van der Waals surface area contributed by atoms with Gasteiger partial charge in [-0.15, -0.1) is 0 Å². The van der Waals surface area contributed by atoms with Crippen LogP contribution in [0.1, 0.15) is 22.3 Å². The highest BCUT2D eigenvalue weighted by Crippen LogP contribution is 2.66. The van der Waals surface area contributed by atoms with Gasteiger partial charge in [-0.3, -0.25) is 0 Å². The van der Waals surface area contributed by atoms with E-state index in [-0.39, 0.29) is 0 Å². The molecule has 9 aromatic carbocycles. The van der Waals surface area contributed by atoms with Crippen LogP contribution in [0.3, 0.4) is 0 Å². The van der Waals surface area contributed by atoms with Crippen LogP contribution < -0.4 is 0 Å². The second-order valence-corrected chi connectivity index (χ2v) is 14.8. The number of nitrogens with zero attached hydrogens (tertiary/aromatic N) is 2. The maximum Gasteiger partial charge on any atom is 0.161 e. The van der Waals surface area contributed by atoms with Crippen LogP contribution in [0.4, 0.5) is 0 Å². The Hall–Kier alpha value is -7.16. The molecule has 0 unspecified atom stereocenters. The summed E-state index contributed by atoms with van der Waals surface area (Å²) in [7, 11) is 0. The smallest absolute Gasteiger partial charge is 0.161 e. The number of fused-ring (bicyclic) bond motifs is 17. The van der Waals surface area contributed by atoms with Crippen molar-refractivity contribution in [1.29, 1.82) is 0 Å². The monoisotopic (exact) mass is 696 g/mol. The number of aromatic nitrogens is 2. The molecule has 2 aliphatic carbocycles. The molecule has 0 amide bonds. The number of rotatable bonds is 3. The van der Waals surface area contributed by atoms with E-state index in [2.05, 4.69) is 194 Å². The molecule has 12 rings (SSSR count). The van der Waals surface area contributed by atoms with Gasteiger partial charge in [0.2, 0.25) is 0 Å². The van der Waals surface area contributed by atoms with Gasteiger partial charge in [0, 0.05) is 16.7 Å². The van der Waals surface area contributed by atoms with Gasteiger partial charge in [0.25, 0.3) is 0 Å². The van der Waals surface area contributed by atoms with E-state index in [1.807, 2.05) is 0 Å². The summed E-state index contributed by atoms with van der Waals surface area (Å²) in [4.78, 5) is 10.8. The molecule has 0 atom stereocenters. The molecule has 0 saturated carbocycles. The van der Waals surface area contributed by atoms with Crippen molar-refractivity contribution in [2.45, 2.75) is 5.41 Å². The van der Waals surface area contributed by atoms with E-state index in [0.717, 1.165) is 39.3 Å². The largest absolute Gasteiger partial charge is 0.228 e. The second kappa shape index (κ2) is 11.4. The van der Waals surface area contributed by atoms with E-state index in [0.29, 0.717) is 0 Å². The third kappa shape index (κ3) is 4.08. The maximum atomic E-state index is 5.42. The predicted molar refractivity (Wildman–Crippen MR) is 227 cm³/mol. The van der Waals surface area contributed by atoms with Gasteiger partial charge in [0.15, 0.2) is 5.82 Å². The van der Waals surface area contributed by atoms with Crippen molar-refractivity contribution in [1.82, 2.24) is 9.97 Å². The van der Waals surface area contributed by atoms with Gasteiger partial charge < -0.3 is 0 Å². The van der Waals surface area contributed by atoms with Crippen LogP contribution in [0.5, 0.6) is 0 Å². The van der Waals surface area contributed by atoms with Crippen molar-refractivity contribution in [2.75, 3.05) is 0 Å². The summed E-state index contributed by atoms with van der Waals surface area (Å²) in [6.07, 6.45) is 0. The number of hydrogen-bond donors (Lipinski definition) is 0. The van der Waals surface area contributed by atoms with Crippen LogP contribution in [0.15, 0.2) is 194 Å². The number of benzene rings is 9. The fraction of sp³-hybridized carbons (Fsp3) is 0.0189. The van der Waals surface area contributed by atoms with Crippen molar-refractivity contribution < 1.29 is 0 Å². The molecule has 10 aromatic rings.